The standard InChI is InChI=1S/C26H28N4O3/c1-19-7-9-20(10-8-19)18-27-25(31)21-11-12-24(30-13-15-33-16-14-30)23(17-21)29-26(32)28-22-5-3-2-4-6-22/h2-12,17H,13-16,18H2,1H3,(H,27,31)(H2,28,29,32). The Morgan fingerprint density at radius 1 is 0.909 bits per heavy atom. The third-order valence-electron chi connectivity index (χ3n) is 5.46. The number of morpholine rings is 1. The van der Waals surface area contributed by atoms with Crippen LogP contribution in [0.5, 0.6) is 0 Å². The molecule has 1 saturated heterocycles. The van der Waals surface area contributed by atoms with E-state index in [0.29, 0.717) is 49.8 Å². The first-order valence-electron chi connectivity index (χ1n) is 11.0. The van der Waals surface area contributed by atoms with Crippen molar-refractivity contribution in [2.24, 2.45) is 0 Å². The van der Waals surface area contributed by atoms with Gasteiger partial charge in [-0.1, -0.05) is 48.0 Å². The van der Waals surface area contributed by atoms with Gasteiger partial charge in [-0.3, -0.25) is 4.79 Å². The summed E-state index contributed by atoms with van der Waals surface area (Å²) in [5.41, 5.74) is 4.81. The summed E-state index contributed by atoms with van der Waals surface area (Å²) in [6.07, 6.45) is 0. The topological polar surface area (TPSA) is 82.7 Å². The number of rotatable bonds is 6. The fourth-order valence-corrected chi connectivity index (χ4v) is 3.65. The summed E-state index contributed by atoms with van der Waals surface area (Å²) >= 11 is 0. The number of anilines is 3. The number of nitrogens with one attached hydrogen (secondary N) is 3. The van der Waals surface area contributed by atoms with Gasteiger partial charge in [0.05, 0.1) is 24.6 Å². The first-order chi connectivity index (χ1) is 16.1. The summed E-state index contributed by atoms with van der Waals surface area (Å²) < 4.78 is 5.46. The van der Waals surface area contributed by atoms with E-state index >= 15 is 0 Å². The van der Waals surface area contributed by atoms with Crippen molar-refractivity contribution < 1.29 is 14.3 Å². The third-order valence-corrected chi connectivity index (χ3v) is 5.46. The molecule has 3 aromatic carbocycles. The number of carbonyl (C=O) groups excluding carboxylic acids is 2. The Kier molecular flexibility index (Phi) is 7.22. The molecule has 0 spiro atoms. The van der Waals surface area contributed by atoms with Crippen molar-refractivity contribution in [3.8, 4) is 0 Å². The van der Waals surface area contributed by atoms with E-state index in [1.165, 1.54) is 5.56 Å². The number of hydrogen-bond acceptors (Lipinski definition) is 4. The Hall–Kier alpha value is -3.84. The lowest BCUT2D eigenvalue weighted by Gasteiger charge is -2.30. The molecule has 1 fully saturated rings. The van der Waals surface area contributed by atoms with E-state index in [2.05, 4.69) is 20.9 Å². The first-order valence-corrected chi connectivity index (χ1v) is 11.0. The van der Waals surface area contributed by atoms with Crippen molar-refractivity contribution >= 4 is 29.0 Å². The highest BCUT2D eigenvalue weighted by atomic mass is 16.5. The van der Waals surface area contributed by atoms with Crippen LogP contribution in [0.1, 0.15) is 21.5 Å². The highest BCUT2D eigenvalue weighted by Crippen LogP contribution is 2.28. The second-order valence-electron chi connectivity index (χ2n) is 7.94. The molecule has 0 saturated carbocycles. The molecule has 0 aliphatic carbocycles. The summed E-state index contributed by atoms with van der Waals surface area (Å²) in [5, 5.41) is 8.70. The molecule has 33 heavy (non-hydrogen) atoms. The summed E-state index contributed by atoms with van der Waals surface area (Å²) in [7, 11) is 0. The normalized spacial score (nSPS) is 13.3. The van der Waals surface area contributed by atoms with Gasteiger partial charge in [0.25, 0.3) is 5.91 Å². The van der Waals surface area contributed by atoms with E-state index in [1.54, 1.807) is 12.1 Å². The van der Waals surface area contributed by atoms with Crippen LogP contribution in [0.2, 0.25) is 0 Å². The average Bonchev–Trinajstić information content (AvgIpc) is 2.84. The molecular weight excluding hydrogens is 416 g/mol. The smallest absolute Gasteiger partial charge is 0.323 e. The molecule has 1 aliphatic rings. The van der Waals surface area contributed by atoms with Gasteiger partial charge in [-0.25, -0.2) is 4.79 Å². The highest BCUT2D eigenvalue weighted by Gasteiger charge is 2.18. The van der Waals surface area contributed by atoms with Crippen LogP contribution < -0.4 is 20.9 Å². The lowest BCUT2D eigenvalue weighted by atomic mass is 10.1. The zero-order valence-electron chi connectivity index (χ0n) is 18.6. The van der Waals surface area contributed by atoms with E-state index in [4.69, 9.17) is 4.74 Å². The molecule has 0 bridgehead atoms. The number of hydrogen-bond donors (Lipinski definition) is 3. The maximum absolute atomic E-state index is 12.8. The van der Waals surface area contributed by atoms with Crippen LogP contribution in [0.15, 0.2) is 72.8 Å². The Labute approximate surface area is 193 Å². The first kappa shape index (κ1) is 22.4. The maximum Gasteiger partial charge on any atom is 0.323 e. The van der Waals surface area contributed by atoms with Crippen molar-refractivity contribution in [2.45, 2.75) is 13.5 Å². The van der Waals surface area contributed by atoms with Gasteiger partial charge in [-0.05, 0) is 42.8 Å². The van der Waals surface area contributed by atoms with Crippen LogP contribution in [0.4, 0.5) is 21.9 Å². The zero-order chi connectivity index (χ0) is 23.0. The molecule has 0 unspecified atom stereocenters. The molecule has 1 heterocycles. The molecular formula is C26H28N4O3. The van der Waals surface area contributed by atoms with Crippen LogP contribution in [0.3, 0.4) is 0 Å². The Balaban J connectivity index is 1.51. The molecule has 4 rings (SSSR count). The highest BCUT2D eigenvalue weighted by molar-refractivity contribution is 6.04. The lowest BCUT2D eigenvalue weighted by Crippen LogP contribution is -2.37. The summed E-state index contributed by atoms with van der Waals surface area (Å²) in [5.74, 6) is -0.198. The predicted molar refractivity (Wildman–Crippen MR) is 131 cm³/mol. The van der Waals surface area contributed by atoms with Crippen LogP contribution in [0, 0.1) is 6.92 Å². The Bertz CT molecular complexity index is 1090. The van der Waals surface area contributed by atoms with Crippen LogP contribution >= 0.6 is 0 Å². The monoisotopic (exact) mass is 444 g/mol. The maximum atomic E-state index is 12.8. The Morgan fingerprint density at radius 3 is 2.36 bits per heavy atom. The van der Waals surface area contributed by atoms with Crippen molar-refractivity contribution in [1.29, 1.82) is 0 Å². The summed E-state index contributed by atoms with van der Waals surface area (Å²) in [6.45, 7) is 5.13. The number of aryl methyl sites for hydroxylation is 1. The van der Waals surface area contributed by atoms with Crippen molar-refractivity contribution in [2.75, 3.05) is 41.8 Å². The number of amides is 3. The van der Waals surface area contributed by atoms with E-state index < -0.39 is 0 Å². The summed E-state index contributed by atoms with van der Waals surface area (Å²) in [4.78, 5) is 27.6. The molecule has 0 atom stereocenters. The molecule has 7 heteroatoms. The van der Waals surface area contributed by atoms with Gasteiger partial charge in [-0.2, -0.15) is 0 Å². The minimum Gasteiger partial charge on any atom is -0.378 e. The lowest BCUT2D eigenvalue weighted by molar-refractivity contribution is 0.0951. The molecule has 3 N–H and O–H groups in total. The molecule has 7 nitrogen and oxygen atoms in total. The van der Waals surface area contributed by atoms with Gasteiger partial charge in [0, 0.05) is 30.9 Å². The number of para-hydroxylation sites is 1. The largest absolute Gasteiger partial charge is 0.378 e. The van der Waals surface area contributed by atoms with Gasteiger partial charge in [0.15, 0.2) is 0 Å². The van der Waals surface area contributed by atoms with E-state index in [9.17, 15) is 9.59 Å². The second-order valence-corrected chi connectivity index (χ2v) is 7.94. The fourth-order valence-electron chi connectivity index (χ4n) is 3.65. The van der Waals surface area contributed by atoms with Gasteiger partial charge in [-0.15, -0.1) is 0 Å². The summed E-state index contributed by atoms with van der Waals surface area (Å²) in [6, 6.07) is 22.3. The predicted octanol–water partition coefficient (Wildman–Crippen LogP) is 4.41. The molecule has 3 amide bonds. The Morgan fingerprint density at radius 2 is 1.64 bits per heavy atom. The van der Waals surface area contributed by atoms with Gasteiger partial charge in [0.2, 0.25) is 0 Å². The van der Waals surface area contributed by atoms with Gasteiger partial charge in [0.1, 0.15) is 0 Å². The minimum atomic E-state index is -0.368. The van der Waals surface area contributed by atoms with Crippen molar-refractivity contribution in [3.05, 3.63) is 89.5 Å². The number of carbonyl (C=O) groups is 2. The van der Waals surface area contributed by atoms with E-state index in [-0.39, 0.29) is 11.9 Å². The van der Waals surface area contributed by atoms with Crippen LogP contribution in [-0.2, 0) is 11.3 Å². The molecule has 170 valence electrons. The SMILES string of the molecule is Cc1ccc(CNC(=O)c2ccc(N3CCOCC3)c(NC(=O)Nc3ccccc3)c2)cc1. The van der Waals surface area contributed by atoms with Crippen molar-refractivity contribution in [1.82, 2.24) is 5.32 Å². The van der Waals surface area contributed by atoms with Gasteiger partial charge >= 0.3 is 6.03 Å². The number of nitrogens with zero attached hydrogens (tertiary/aromatic N) is 1. The average molecular weight is 445 g/mol. The quantitative estimate of drug-likeness (QED) is 0.526. The molecule has 0 aromatic heterocycles. The molecule has 0 radical (unpaired) electrons. The molecule has 1 aliphatic heterocycles. The minimum absolute atomic E-state index is 0.198. The van der Waals surface area contributed by atoms with E-state index in [0.717, 1.165) is 11.3 Å². The van der Waals surface area contributed by atoms with Crippen LogP contribution in [-0.4, -0.2) is 38.2 Å². The fraction of sp³-hybridized carbons (Fsp3) is 0.231. The molecule has 3 aromatic rings. The van der Waals surface area contributed by atoms with E-state index in [1.807, 2.05) is 67.6 Å². The van der Waals surface area contributed by atoms with Crippen LogP contribution in [0.25, 0.3) is 0 Å². The second kappa shape index (κ2) is 10.7. The number of benzene rings is 3. The number of ether oxygens (including phenoxy) is 1. The number of urea groups is 1. The van der Waals surface area contributed by atoms with Gasteiger partial charge < -0.3 is 25.6 Å². The zero-order valence-corrected chi connectivity index (χ0v) is 18.6. The third kappa shape index (κ3) is 6.11. The van der Waals surface area contributed by atoms with Crippen molar-refractivity contribution in [3.63, 3.8) is 0 Å².